The van der Waals surface area contributed by atoms with E-state index in [-0.39, 0.29) is 35.9 Å². The van der Waals surface area contributed by atoms with Gasteiger partial charge >= 0.3 is 0 Å². The number of piperidine rings is 1. The molecule has 0 unspecified atom stereocenters. The van der Waals surface area contributed by atoms with E-state index in [0.29, 0.717) is 6.04 Å². The van der Waals surface area contributed by atoms with Crippen molar-refractivity contribution in [2.24, 2.45) is 5.84 Å². The molecule has 0 bridgehead atoms. The average molecular weight is 244 g/mol. The van der Waals surface area contributed by atoms with Gasteiger partial charge in [0.2, 0.25) is 0 Å². The van der Waals surface area contributed by atoms with E-state index in [4.69, 9.17) is 5.84 Å². The van der Waals surface area contributed by atoms with Crippen LogP contribution < -0.4 is 16.6 Å². The fraction of sp³-hybridized carbons (Fsp3) is 1.00. The van der Waals surface area contributed by atoms with Crippen molar-refractivity contribution in [2.45, 2.75) is 57.7 Å². The Labute approximate surface area is 99.4 Å². The first-order chi connectivity index (χ1) is 5.35. The van der Waals surface area contributed by atoms with Crippen LogP contribution in [0.25, 0.3) is 0 Å². The van der Waals surface area contributed by atoms with Crippen LogP contribution in [0.3, 0.4) is 0 Å². The van der Waals surface area contributed by atoms with E-state index in [1.165, 1.54) is 0 Å². The topological polar surface area (TPSA) is 50.1 Å². The standard InChI is InChI=1S/C9H21N3.2ClH/c1-8(2)5-7(11-10)6-9(3,4)12-8;;/h7,11-12H,5-6,10H2,1-4H3;2*1H. The number of hydrogen-bond donors (Lipinski definition) is 3. The summed E-state index contributed by atoms with van der Waals surface area (Å²) in [5.41, 5.74) is 3.26. The molecule has 1 aliphatic heterocycles. The number of nitrogens with one attached hydrogen (secondary N) is 2. The average Bonchev–Trinajstić information content (AvgIpc) is 1.80. The monoisotopic (exact) mass is 243 g/mol. The van der Waals surface area contributed by atoms with Crippen molar-refractivity contribution in [2.75, 3.05) is 0 Å². The molecule has 0 aliphatic carbocycles. The van der Waals surface area contributed by atoms with Crippen LogP contribution in [0.1, 0.15) is 40.5 Å². The summed E-state index contributed by atoms with van der Waals surface area (Å²) in [7, 11) is 0. The predicted molar refractivity (Wildman–Crippen MR) is 66.1 cm³/mol. The molecule has 14 heavy (non-hydrogen) atoms. The zero-order valence-electron chi connectivity index (χ0n) is 9.39. The highest BCUT2D eigenvalue weighted by Gasteiger charge is 2.36. The Bertz CT molecular complexity index is 155. The summed E-state index contributed by atoms with van der Waals surface area (Å²) in [5.74, 6) is 5.47. The second-order valence-electron chi connectivity index (χ2n) is 5.16. The van der Waals surface area contributed by atoms with Crippen molar-refractivity contribution in [3.8, 4) is 0 Å². The summed E-state index contributed by atoms with van der Waals surface area (Å²) in [5, 5.41) is 3.60. The zero-order chi connectivity index (χ0) is 9.41. The van der Waals surface area contributed by atoms with Gasteiger partial charge in [-0.25, -0.2) is 0 Å². The Morgan fingerprint density at radius 1 is 1.07 bits per heavy atom. The van der Waals surface area contributed by atoms with Gasteiger partial charge in [0, 0.05) is 17.1 Å². The van der Waals surface area contributed by atoms with Gasteiger partial charge in [0.05, 0.1) is 0 Å². The largest absolute Gasteiger partial charge is 0.307 e. The number of hydrogen-bond acceptors (Lipinski definition) is 3. The summed E-state index contributed by atoms with van der Waals surface area (Å²) in [6, 6.07) is 0.441. The van der Waals surface area contributed by atoms with Crippen molar-refractivity contribution >= 4 is 24.8 Å². The highest BCUT2D eigenvalue weighted by Crippen LogP contribution is 2.27. The molecule has 4 N–H and O–H groups in total. The van der Waals surface area contributed by atoms with E-state index in [0.717, 1.165) is 12.8 Å². The van der Waals surface area contributed by atoms with Gasteiger partial charge in [-0.05, 0) is 40.5 Å². The third kappa shape index (κ3) is 4.80. The smallest absolute Gasteiger partial charge is 0.0245 e. The molecule has 88 valence electrons. The minimum absolute atomic E-state index is 0. The second-order valence-corrected chi connectivity index (χ2v) is 5.16. The zero-order valence-corrected chi connectivity index (χ0v) is 11.0. The highest BCUT2D eigenvalue weighted by molar-refractivity contribution is 5.85. The van der Waals surface area contributed by atoms with Gasteiger partial charge in [0.25, 0.3) is 0 Å². The van der Waals surface area contributed by atoms with Crippen LogP contribution in [0.15, 0.2) is 0 Å². The lowest BCUT2D eigenvalue weighted by Crippen LogP contribution is -2.62. The molecule has 0 aromatic rings. The van der Waals surface area contributed by atoms with Crippen molar-refractivity contribution in [1.82, 2.24) is 10.7 Å². The van der Waals surface area contributed by atoms with Gasteiger partial charge in [0.15, 0.2) is 0 Å². The van der Waals surface area contributed by atoms with E-state index in [1.807, 2.05) is 0 Å². The van der Waals surface area contributed by atoms with Gasteiger partial charge in [-0.2, -0.15) is 0 Å². The summed E-state index contributed by atoms with van der Waals surface area (Å²) in [6.07, 6.45) is 2.18. The van der Waals surface area contributed by atoms with Crippen LogP contribution in [0.4, 0.5) is 0 Å². The molecule has 0 spiro atoms. The van der Waals surface area contributed by atoms with Crippen LogP contribution >= 0.6 is 24.8 Å². The maximum atomic E-state index is 5.47. The molecule has 1 fully saturated rings. The molecule has 1 saturated heterocycles. The molecule has 0 atom stereocenters. The number of halogens is 2. The number of hydrazine groups is 1. The van der Waals surface area contributed by atoms with Crippen LogP contribution in [-0.4, -0.2) is 17.1 Å². The Kier molecular flexibility index (Phi) is 6.65. The van der Waals surface area contributed by atoms with Gasteiger partial charge < -0.3 is 5.32 Å². The minimum Gasteiger partial charge on any atom is -0.307 e. The van der Waals surface area contributed by atoms with Gasteiger partial charge in [-0.15, -0.1) is 24.8 Å². The molecule has 0 saturated carbocycles. The first-order valence-corrected chi connectivity index (χ1v) is 4.60. The molecule has 5 heteroatoms. The third-order valence-corrected chi connectivity index (χ3v) is 2.43. The second kappa shape index (κ2) is 5.52. The molecule has 1 heterocycles. The lowest BCUT2D eigenvalue weighted by atomic mass is 9.80. The first-order valence-electron chi connectivity index (χ1n) is 4.60. The Morgan fingerprint density at radius 2 is 1.43 bits per heavy atom. The quantitative estimate of drug-likeness (QED) is 0.485. The van der Waals surface area contributed by atoms with E-state index >= 15 is 0 Å². The van der Waals surface area contributed by atoms with E-state index in [2.05, 4.69) is 38.4 Å². The normalized spacial score (nSPS) is 24.6. The van der Waals surface area contributed by atoms with Gasteiger partial charge in [-0.1, -0.05) is 0 Å². The fourth-order valence-corrected chi connectivity index (χ4v) is 2.44. The van der Waals surface area contributed by atoms with Gasteiger partial charge in [-0.3, -0.25) is 11.3 Å². The molecule has 1 aliphatic rings. The summed E-state index contributed by atoms with van der Waals surface area (Å²) in [4.78, 5) is 0. The molecule has 0 radical (unpaired) electrons. The minimum atomic E-state index is 0. The highest BCUT2D eigenvalue weighted by atomic mass is 35.5. The lowest BCUT2D eigenvalue weighted by Gasteiger charge is -2.46. The van der Waals surface area contributed by atoms with Crippen molar-refractivity contribution < 1.29 is 0 Å². The van der Waals surface area contributed by atoms with E-state index in [9.17, 15) is 0 Å². The van der Waals surface area contributed by atoms with E-state index in [1.54, 1.807) is 0 Å². The summed E-state index contributed by atoms with van der Waals surface area (Å²) >= 11 is 0. The van der Waals surface area contributed by atoms with Crippen LogP contribution in [0.2, 0.25) is 0 Å². The Balaban J connectivity index is 0. The molecular formula is C9H23Cl2N3. The van der Waals surface area contributed by atoms with Crippen LogP contribution in [0, 0.1) is 0 Å². The Hall–Kier alpha value is 0.460. The lowest BCUT2D eigenvalue weighted by molar-refractivity contribution is 0.147. The maximum absolute atomic E-state index is 5.47. The summed E-state index contributed by atoms with van der Waals surface area (Å²) < 4.78 is 0. The van der Waals surface area contributed by atoms with Crippen LogP contribution in [0.5, 0.6) is 0 Å². The van der Waals surface area contributed by atoms with Crippen molar-refractivity contribution in [3.63, 3.8) is 0 Å². The molecule has 0 amide bonds. The molecule has 0 aromatic carbocycles. The van der Waals surface area contributed by atoms with Gasteiger partial charge in [0.1, 0.15) is 0 Å². The number of rotatable bonds is 1. The summed E-state index contributed by atoms with van der Waals surface area (Å²) in [6.45, 7) is 8.88. The molecule has 1 rings (SSSR count). The fourth-order valence-electron chi connectivity index (χ4n) is 2.44. The Morgan fingerprint density at radius 3 is 1.71 bits per heavy atom. The SMILES string of the molecule is CC1(C)CC(NN)CC(C)(C)N1.Cl.Cl. The van der Waals surface area contributed by atoms with Crippen molar-refractivity contribution in [1.29, 1.82) is 0 Å². The molecule has 0 aromatic heterocycles. The maximum Gasteiger partial charge on any atom is 0.0245 e. The predicted octanol–water partition coefficient (Wildman–Crippen LogP) is 1.60. The molecule has 3 nitrogen and oxygen atoms in total. The van der Waals surface area contributed by atoms with E-state index < -0.39 is 0 Å². The van der Waals surface area contributed by atoms with Crippen LogP contribution in [-0.2, 0) is 0 Å². The number of nitrogens with two attached hydrogens (primary N) is 1. The first kappa shape index (κ1) is 16.9. The van der Waals surface area contributed by atoms with Crippen molar-refractivity contribution in [3.05, 3.63) is 0 Å². The molecular weight excluding hydrogens is 221 g/mol. The third-order valence-electron chi connectivity index (χ3n) is 2.43.